The molecule has 2 unspecified atom stereocenters. The first-order chi connectivity index (χ1) is 5.11. The maximum atomic E-state index is 10.8. The smallest absolute Gasteiger partial charge is 0.246 e. The van der Waals surface area contributed by atoms with Gasteiger partial charge in [0.25, 0.3) is 0 Å². The zero-order chi connectivity index (χ0) is 8.85. The summed E-state index contributed by atoms with van der Waals surface area (Å²) in [5.41, 5.74) is 1.66. The molecular weight excluding hydrogens is 142 g/mol. The molecule has 0 aliphatic heterocycles. The molecule has 3 nitrogen and oxygen atoms in total. The summed E-state index contributed by atoms with van der Waals surface area (Å²) in [6.45, 7) is 6.01. The second-order valence-corrected chi connectivity index (χ2v) is 3.13. The largest absolute Gasteiger partial charge is 0.289 e. The first-order valence-electron chi connectivity index (χ1n) is 4.05. The third kappa shape index (κ3) is 3.98. The highest BCUT2D eigenvalue weighted by molar-refractivity contribution is 5.76. The Bertz CT molecular complexity index is 125. The molecule has 0 aliphatic carbocycles. The molecule has 0 spiro atoms. The van der Waals surface area contributed by atoms with Crippen LogP contribution in [0.15, 0.2) is 0 Å². The number of carbonyl (C=O) groups is 1. The zero-order valence-electron chi connectivity index (χ0n) is 7.42. The Morgan fingerprint density at radius 2 is 2.09 bits per heavy atom. The van der Waals surface area contributed by atoms with Gasteiger partial charge in [0.05, 0.1) is 0 Å². The molecule has 66 valence electrons. The van der Waals surface area contributed by atoms with Gasteiger partial charge in [-0.25, -0.2) is 5.48 Å². The van der Waals surface area contributed by atoms with Crippen LogP contribution in [0, 0.1) is 11.8 Å². The van der Waals surface area contributed by atoms with Gasteiger partial charge in [0.1, 0.15) is 0 Å². The lowest BCUT2D eigenvalue weighted by molar-refractivity contribution is -0.133. The molecular formula is C8H17NO2. The van der Waals surface area contributed by atoms with E-state index in [4.69, 9.17) is 5.21 Å². The third-order valence-corrected chi connectivity index (χ3v) is 2.01. The van der Waals surface area contributed by atoms with E-state index in [-0.39, 0.29) is 11.8 Å². The minimum Gasteiger partial charge on any atom is -0.289 e. The molecule has 0 fully saturated rings. The molecule has 0 saturated carbocycles. The minimum absolute atomic E-state index is 0.0880. The van der Waals surface area contributed by atoms with Gasteiger partial charge in [-0.05, 0) is 12.3 Å². The molecule has 11 heavy (non-hydrogen) atoms. The highest BCUT2D eigenvalue weighted by Crippen LogP contribution is 2.14. The average Bonchev–Trinajstić information content (AvgIpc) is 2.02. The van der Waals surface area contributed by atoms with E-state index in [1.807, 2.05) is 6.92 Å². The topological polar surface area (TPSA) is 49.3 Å². The van der Waals surface area contributed by atoms with Crippen LogP contribution in [0.4, 0.5) is 0 Å². The Hall–Kier alpha value is -0.570. The van der Waals surface area contributed by atoms with Crippen molar-refractivity contribution in [3.05, 3.63) is 0 Å². The number of amides is 1. The number of hydroxylamine groups is 1. The molecule has 0 saturated heterocycles. The maximum absolute atomic E-state index is 10.8. The van der Waals surface area contributed by atoms with Crippen molar-refractivity contribution < 1.29 is 10.0 Å². The van der Waals surface area contributed by atoms with Crippen LogP contribution in [0.1, 0.15) is 33.6 Å². The van der Waals surface area contributed by atoms with Gasteiger partial charge in [-0.3, -0.25) is 10.0 Å². The van der Waals surface area contributed by atoms with Crippen LogP contribution >= 0.6 is 0 Å². The molecule has 0 aromatic heterocycles. The monoisotopic (exact) mass is 159 g/mol. The molecule has 0 radical (unpaired) electrons. The molecule has 2 atom stereocenters. The van der Waals surface area contributed by atoms with Crippen LogP contribution in [-0.4, -0.2) is 11.1 Å². The molecule has 0 bridgehead atoms. The third-order valence-electron chi connectivity index (χ3n) is 2.01. The van der Waals surface area contributed by atoms with Crippen molar-refractivity contribution in [2.45, 2.75) is 33.6 Å². The Kier molecular flexibility index (Phi) is 4.86. The first-order valence-corrected chi connectivity index (χ1v) is 4.05. The Balaban J connectivity index is 3.67. The lowest BCUT2D eigenvalue weighted by Crippen LogP contribution is -2.26. The van der Waals surface area contributed by atoms with Gasteiger partial charge < -0.3 is 0 Å². The van der Waals surface area contributed by atoms with E-state index in [1.165, 1.54) is 0 Å². The van der Waals surface area contributed by atoms with Gasteiger partial charge >= 0.3 is 0 Å². The quantitative estimate of drug-likeness (QED) is 0.483. The predicted molar refractivity (Wildman–Crippen MR) is 43.2 cm³/mol. The van der Waals surface area contributed by atoms with Crippen molar-refractivity contribution in [1.82, 2.24) is 5.48 Å². The van der Waals surface area contributed by atoms with E-state index >= 15 is 0 Å². The zero-order valence-corrected chi connectivity index (χ0v) is 7.42. The van der Waals surface area contributed by atoms with Crippen LogP contribution in [0.25, 0.3) is 0 Å². The second-order valence-electron chi connectivity index (χ2n) is 3.13. The molecule has 1 amide bonds. The van der Waals surface area contributed by atoms with Gasteiger partial charge in [0, 0.05) is 5.92 Å². The summed E-state index contributed by atoms with van der Waals surface area (Å²) in [6.07, 6.45) is 1.91. The van der Waals surface area contributed by atoms with Crippen LogP contribution < -0.4 is 5.48 Å². The number of hydrogen-bond donors (Lipinski definition) is 2. The Morgan fingerprint density at radius 1 is 1.55 bits per heavy atom. The van der Waals surface area contributed by atoms with E-state index < -0.39 is 0 Å². The molecule has 0 rings (SSSR count). The number of rotatable bonds is 4. The SMILES string of the molecule is CCC(C)CC(C)C(=O)NO. The van der Waals surface area contributed by atoms with Gasteiger partial charge in [-0.1, -0.05) is 27.2 Å². The second kappa shape index (κ2) is 5.13. The van der Waals surface area contributed by atoms with Crippen molar-refractivity contribution in [2.24, 2.45) is 11.8 Å². The summed E-state index contributed by atoms with van der Waals surface area (Å²) in [5, 5.41) is 8.29. The maximum Gasteiger partial charge on any atom is 0.246 e. The number of carbonyl (C=O) groups excluding carboxylic acids is 1. The molecule has 0 aliphatic rings. The van der Waals surface area contributed by atoms with Crippen molar-refractivity contribution in [2.75, 3.05) is 0 Å². The van der Waals surface area contributed by atoms with Gasteiger partial charge in [0.2, 0.25) is 5.91 Å². The van der Waals surface area contributed by atoms with Gasteiger partial charge in [-0.15, -0.1) is 0 Å². The van der Waals surface area contributed by atoms with Crippen molar-refractivity contribution in [3.8, 4) is 0 Å². The number of nitrogens with one attached hydrogen (secondary N) is 1. The fourth-order valence-corrected chi connectivity index (χ4v) is 0.987. The first kappa shape index (κ1) is 10.4. The van der Waals surface area contributed by atoms with E-state index in [0.29, 0.717) is 5.92 Å². The highest BCUT2D eigenvalue weighted by Gasteiger charge is 2.14. The molecule has 2 N–H and O–H groups in total. The Labute approximate surface area is 67.8 Å². The average molecular weight is 159 g/mol. The van der Waals surface area contributed by atoms with Crippen LogP contribution in [0.2, 0.25) is 0 Å². The molecule has 0 heterocycles. The molecule has 0 aromatic carbocycles. The fraction of sp³-hybridized carbons (Fsp3) is 0.875. The van der Waals surface area contributed by atoms with E-state index in [1.54, 1.807) is 5.48 Å². The lowest BCUT2D eigenvalue weighted by atomic mass is 9.95. The van der Waals surface area contributed by atoms with E-state index in [9.17, 15) is 4.79 Å². The predicted octanol–water partition coefficient (Wildman–Crippen LogP) is 1.56. The van der Waals surface area contributed by atoms with Crippen molar-refractivity contribution in [3.63, 3.8) is 0 Å². The van der Waals surface area contributed by atoms with E-state index in [2.05, 4.69) is 13.8 Å². The van der Waals surface area contributed by atoms with Crippen molar-refractivity contribution >= 4 is 5.91 Å². The summed E-state index contributed by atoms with van der Waals surface area (Å²) in [6, 6.07) is 0. The normalized spacial score (nSPS) is 15.6. The summed E-state index contributed by atoms with van der Waals surface area (Å²) >= 11 is 0. The summed E-state index contributed by atoms with van der Waals surface area (Å²) < 4.78 is 0. The van der Waals surface area contributed by atoms with Crippen molar-refractivity contribution in [1.29, 1.82) is 0 Å². The highest BCUT2D eigenvalue weighted by atomic mass is 16.5. The number of hydrogen-bond acceptors (Lipinski definition) is 2. The molecule has 0 aromatic rings. The van der Waals surface area contributed by atoms with Gasteiger partial charge in [0.15, 0.2) is 0 Å². The van der Waals surface area contributed by atoms with Gasteiger partial charge in [-0.2, -0.15) is 0 Å². The fourth-order valence-electron chi connectivity index (χ4n) is 0.987. The summed E-state index contributed by atoms with van der Waals surface area (Å²) in [7, 11) is 0. The Morgan fingerprint density at radius 3 is 2.45 bits per heavy atom. The summed E-state index contributed by atoms with van der Waals surface area (Å²) in [5.74, 6) is 0.169. The minimum atomic E-state index is -0.287. The standard InChI is InChI=1S/C8H17NO2/c1-4-6(2)5-7(3)8(10)9-11/h6-7,11H,4-5H2,1-3H3,(H,9,10). The van der Waals surface area contributed by atoms with Crippen LogP contribution in [0.5, 0.6) is 0 Å². The summed E-state index contributed by atoms with van der Waals surface area (Å²) in [4.78, 5) is 10.8. The van der Waals surface area contributed by atoms with E-state index in [0.717, 1.165) is 12.8 Å². The molecule has 3 heteroatoms. The van der Waals surface area contributed by atoms with Crippen LogP contribution in [-0.2, 0) is 4.79 Å². The lowest BCUT2D eigenvalue weighted by Gasteiger charge is -2.13. The van der Waals surface area contributed by atoms with Crippen LogP contribution in [0.3, 0.4) is 0 Å².